The highest BCUT2D eigenvalue weighted by molar-refractivity contribution is 7.16. The Hall–Kier alpha value is -1.43. The summed E-state index contributed by atoms with van der Waals surface area (Å²) in [4.78, 5) is 26.3. The fourth-order valence-corrected chi connectivity index (χ4v) is 1.86. The number of ether oxygens (including phenoxy) is 1. The molecule has 0 saturated heterocycles. The molecule has 82 valence electrons. The second-order valence-corrected chi connectivity index (χ2v) is 4.02. The van der Waals surface area contributed by atoms with Gasteiger partial charge in [-0.2, -0.15) is 0 Å². The summed E-state index contributed by atoms with van der Waals surface area (Å²) in [5.41, 5.74) is 0.176. The van der Waals surface area contributed by atoms with E-state index >= 15 is 0 Å². The minimum absolute atomic E-state index is 0.176. The first-order valence-corrected chi connectivity index (χ1v) is 5.28. The number of thiazole rings is 1. The fourth-order valence-electron chi connectivity index (χ4n) is 1.01. The van der Waals surface area contributed by atoms with E-state index in [1.807, 2.05) is 0 Å². The minimum atomic E-state index is -0.509. The van der Waals surface area contributed by atoms with Crippen LogP contribution in [-0.2, 0) is 9.53 Å². The van der Waals surface area contributed by atoms with Crippen molar-refractivity contribution in [1.82, 2.24) is 4.98 Å². The third-order valence-corrected chi connectivity index (χ3v) is 2.38. The highest BCUT2D eigenvalue weighted by Crippen LogP contribution is 2.24. The number of aromatic nitrogens is 1. The Bertz CT molecular complexity index is 387. The minimum Gasteiger partial charge on any atom is -0.461 e. The topological polar surface area (TPSA) is 68.3 Å². The van der Waals surface area contributed by atoms with Gasteiger partial charge in [0.25, 0.3) is 0 Å². The van der Waals surface area contributed by atoms with Crippen molar-refractivity contribution in [1.29, 1.82) is 0 Å². The Morgan fingerprint density at radius 3 is 2.73 bits per heavy atom. The number of amides is 1. The Morgan fingerprint density at radius 1 is 1.53 bits per heavy atom. The van der Waals surface area contributed by atoms with E-state index in [4.69, 9.17) is 4.74 Å². The van der Waals surface area contributed by atoms with Gasteiger partial charge in [0.1, 0.15) is 5.00 Å². The molecule has 1 heterocycles. The van der Waals surface area contributed by atoms with Crippen LogP contribution in [-0.4, -0.2) is 23.5 Å². The molecular weight excluding hydrogens is 216 g/mol. The Labute approximate surface area is 91.5 Å². The number of rotatable bonds is 3. The van der Waals surface area contributed by atoms with Crippen molar-refractivity contribution in [3.63, 3.8) is 0 Å². The summed E-state index contributed by atoms with van der Waals surface area (Å²) in [6, 6.07) is 0. The molecule has 0 aliphatic heterocycles. The van der Waals surface area contributed by atoms with Crippen molar-refractivity contribution in [2.75, 3.05) is 11.9 Å². The van der Waals surface area contributed by atoms with Gasteiger partial charge < -0.3 is 10.1 Å². The molecule has 6 heteroatoms. The molecule has 5 nitrogen and oxygen atoms in total. The molecule has 0 aliphatic rings. The quantitative estimate of drug-likeness (QED) is 0.797. The van der Waals surface area contributed by atoms with E-state index in [0.717, 1.165) is 0 Å². The predicted molar refractivity (Wildman–Crippen MR) is 57.1 cm³/mol. The second-order valence-electron chi connectivity index (χ2n) is 2.81. The van der Waals surface area contributed by atoms with E-state index in [0.29, 0.717) is 10.0 Å². The van der Waals surface area contributed by atoms with E-state index in [9.17, 15) is 9.59 Å². The third kappa shape index (κ3) is 3.02. The molecule has 0 saturated carbocycles. The average molecular weight is 228 g/mol. The van der Waals surface area contributed by atoms with E-state index in [2.05, 4.69) is 10.3 Å². The molecule has 0 aromatic carbocycles. The summed E-state index contributed by atoms with van der Waals surface area (Å²) < 4.78 is 4.82. The molecule has 1 aromatic heterocycles. The van der Waals surface area contributed by atoms with Crippen LogP contribution in [0.25, 0.3) is 0 Å². The number of carbonyl (C=O) groups excluding carboxylic acids is 2. The number of anilines is 1. The van der Waals surface area contributed by atoms with Gasteiger partial charge >= 0.3 is 5.97 Å². The van der Waals surface area contributed by atoms with Crippen molar-refractivity contribution >= 4 is 28.2 Å². The second kappa shape index (κ2) is 4.88. The van der Waals surface area contributed by atoms with Crippen LogP contribution in [0.3, 0.4) is 0 Å². The zero-order valence-corrected chi connectivity index (χ0v) is 9.60. The number of esters is 1. The Balaban J connectivity index is 2.95. The Morgan fingerprint density at radius 2 is 2.20 bits per heavy atom. The van der Waals surface area contributed by atoms with Gasteiger partial charge in [0.05, 0.1) is 11.6 Å². The van der Waals surface area contributed by atoms with Crippen molar-refractivity contribution in [3.05, 3.63) is 10.7 Å². The molecule has 0 fully saturated rings. The van der Waals surface area contributed by atoms with E-state index < -0.39 is 5.97 Å². The highest BCUT2D eigenvalue weighted by atomic mass is 32.1. The van der Waals surface area contributed by atoms with E-state index in [-0.39, 0.29) is 18.2 Å². The maximum atomic E-state index is 11.4. The zero-order valence-electron chi connectivity index (χ0n) is 8.79. The van der Waals surface area contributed by atoms with Crippen LogP contribution in [0.4, 0.5) is 5.00 Å². The smallest absolute Gasteiger partial charge is 0.360 e. The van der Waals surface area contributed by atoms with Crippen LogP contribution in [0.5, 0.6) is 0 Å². The van der Waals surface area contributed by atoms with Crippen LogP contribution in [0.15, 0.2) is 0 Å². The first-order valence-electron chi connectivity index (χ1n) is 4.46. The van der Waals surface area contributed by atoms with Gasteiger partial charge in [0.15, 0.2) is 5.69 Å². The van der Waals surface area contributed by atoms with Gasteiger partial charge in [0.2, 0.25) is 5.91 Å². The molecule has 0 radical (unpaired) electrons. The van der Waals surface area contributed by atoms with E-state index in [1.54, 1.807) is 13.8 Å². The average Bonchev–Trinajstić information content (AvgIpc) is 2.46. The van der Waals surface area contributed by atoms with Gasteiger partial charge in [-0.25, -0.2) is 9.78 Å². The summed E-state index contributed by atoms with van der Waals surface area (Å²) in [6.45, 7) is 5.15. The number of nitrogens with one attached hydrogen (secondary N) is 1. The lowest BCUT2D eigenvalue weighted by molar-refractivity contribution is -0.114. The lowest BCUT2D eigenvalue weighted by atomic mass is 10.4. The lowest BCUT2D eigenvalue weighted by Gasteiger charge is -2.01. The normalized spacial score (nSPS) is 9.80. The monoisotopic (exact) mass is 228 g/mol. The molecule has 1 aromatic rings. The predicted octanol–water partition coefficient (Wildman–Crippen LogP) is 1.59. The first-order chi connectivity index (χ1) is 7.04. The van der Waals surface area contributed by atoms with Gasteiger partial charge in [-0.3, -0.25) is 4.79 Å². The Kier molecular flexibility index (Phi) is 3.79. The molecule has 0 unspecified atom stereocenters. The number of hydrogen-bond donors (Lipinski definition) is 1. The molecule has 0 atom stereocenters. The summed E-state index contributed by atoms with van der Waals surface area (Å²) in [6.07, 6.45) is 0. The fraction of sp³-hybridized carbons (Fsp3) is 0.444. The summed E-state index contributed by atoms with van der Waals surface area (Å²) in [5.74, 6) is -0.741. The van der Waals surface area contributed by atoms with Crippen LogP contribution in [0.1, 0.15) is 29.3 Å². The van der Waals surface area contributed by atoms with E-state index in [1.165, 1.54) is 18.3 Å². The third-order valence-electron chi connectivity index (χ3n) is 1.49. The standard InChI is InChI=1S/C9H12N2O3S/c1-4-14-9(13)7-8(10-5(2)12)15-6(3)11-7/h4H2,1-3H3,(H,10,12). The summed E-state index contributed by atoms with van der Waals surface area (Å²) in [7, 11) is 0. The molecule has 0 aliphatic carbocycles. The molecule has 15 heavy (non-hydrogen) atoms. The lowest BCUT2D eigenvalue weighted by Crippen LogP contribution is -2.11. The van der Waals surface area contributed by atoms with Crippen LogP contribution < -0.4 is 5.32 Å². The van der Waals surface area contributed by atoms with Gasteiger partial charge in [0, 0.05) is 6.92 Å². The zero-order chi connectivity index (χ0) is 11.4. The summed E-state index contributed by atoms with van der Waals surface area (Å²) in [5, 5.41) is 3.70. The molecule has 1 amide bonds. The van der Waals surface area contributed by atoms with Crippen molar-refractivity contribution < 1.29 is 14.3 Å². The van der Waals surface area contributed by atoms with Gasteiger partial charge in [-0.1, -0.05) is 0 Å². The maximum Gasteiger partial charge on any atom is 0.360 e. The van der Waals surface area contributed by atoms with Gasteiger partial charge in [-0.05, 0) is 13.8 Å². The number of nitrogens with zero attached hydrogens (tertiary/aromatic N) is 1. The number of aryl methyl sites for hydroxylation is 1. The molecule has 0 bridgehead atoms. The molecular formula is C9H12N2O3S. The van der Waals surface area contributed by atoms with Gasteiger partial charge in [-0.15, -0.1) is 11.3 Å². The highest BCUT2D eigenvalue weighted by Gasteiger charge is 2.18. The number of carbonyl (C=O) groups is 2. The largest absolute Gasteiger partial charge is 0.461 e. The van der Waals surface area contributed by atoms with Crippen molar-refractivity contribution in [3.8, 4) is 0 Å². The molecule has 1 N–H and O–H groups in total. The molecule has 1 rings (SSSR count). The van der Waals surface area contributed by atoms with Crippen molar-refractivity contribution in [2.45, 2.75) is 20.8 Å². The van der Waals surface area contributed by atoms with Crippen LogP contribution in [0, 0.1) is 6.92 Å². The van der Waals surface area contributed by atoms with Crippen LogP contribution in [0.2, 0.25) is 0 Å². The summed E-state index contributed by atoms with van der Waals surface area (Å²) >= 11 is 1.25. The van der Waals surface area contributed by atoms with Crippen LogP contribution >= 0.6 is 11.3 Å². The van der Waals surface area contributed by atoms with Crippen molar-refractivity contribution in [2.24, 2.45) is 0 Å². The first kappa shape index (κ1) is 11.6. The maximum absolute atomic E-state index is 11.4. The molecule has 0 spiro atoms. The SMILES string of the molecule is CCOC(=O)c1nc(C)sc1NC(C)=O. The number of hydrogen-bond acceptors (Lipinski definition) is 5.